The molecule has 3 saturated heterocycles. The summed E-state index contributed by atoms with van der Waals surface area (Å²) in [5.41, 5.74) is 1.24. The first kappa shape index (κ1) is 22.8. The van der Waals surface area contributed by atoms with Gasteiger partial charge in [-0.1, -0.05) is 29.8 Å². The summed E-state index contributed by atoms with van der Waals surface area (Å²) < 4.78 is 5.48. The van der Waals surface area contributed by atoms with E-state index in [0.717, 1.165) is 82.5 Å². The second kappa shape index (κ2) is 11.5. The molecule has 172 valence electrons. The molecule has 3 aliphatic heterocycles. The average molecular weight is 448 g/mol. The quantitative estimate of drug-likeness (QED) is 0.536. The molecule has 0 spiro atoms. The lowest BCUT2D eigenvalue weighted by atomic mass is 9.96. The van der Waals surface area contributed by atoms with Gasteiger partial charge in [-0.05, 0) is 55.8 Å². The number of aliphatic imine (C=N–C) groups is 1. The molecule has 0 amide bonds. The number of morpholine rings is 1. The van der Waals surface area contributed by atoms with E-state index in [1.54, 1.807) is 0 Å². The molecular weight excluding hydrogens is 410 g/mol. The van der Waals surface area contributed by atoms with Gasteiger partial charge in [-0.2, -0.15) is 0 Å². The van der Waals surface area contributed by atoms with Gasteiger partial charge >= 0.3 is 0 Å². The van der Waals surface area contributed by atoms with Gasteiger partial charge in [0.05, 0.1) is 13.2 Å². The van der Waals surface area contributed by atoms with Gasteiger partial charge in [0.15, 0.2) is 5.96 Å². The molecule has 3 fully saturated rings. The lowest BCUT2D eigenvalue weighted by molar-refractivity contribution is 0.0315. The minimum absolute atomic E-state index is 0.714. The predicted molar refractivity (Wildman–Crippen MR) is 128 cm³/mol. The third kappa shape index (κ3) is 6.58. The van der Waals surface area contributed by atoms with E-state index in [9.17, 15) is 0 Å². The Labute approximate surface area is 192 Å². The highest BCUT2D eigenvalue weighted by atomic mass is 35.5. The number of nitrogens with one attached hydrogen (secondary N) is 1. The number of hydrogen-bond acceptors (Lipinski definition) is 4. The van der Waals surface area contributed by atoms with Crippen molar-refractivity contribution in [1.29, 1.82) is 0 Å². The molecule has 1 unspecified atom stereocenters. The van der Waals surface area contributed by atoms with E-state index in [2.05, 4.69) is 37.1 Å². The van der Waals surface area contributed by atoms with Gasteiger partial charge in [-0.15, -0.1) is 0 Å². The fraction of sp³-hybridized carbons (Fsp3) is 0.708. The Kier molecular flexibility index (Phi) is 8.48. The molecule has 31 heavy (non-hydrogen) atoms. The first-order chi connectivity index (χ1) is 15.2. The smallest absolute Gasteiger partial charge is 0.193 e. The molecular formula is C24H38ClN5O. The van der Waals surface area contributed by atoms with Crippen LogP contribution < -0.4 is 5.32 Å². The summed E-state index contributed by atoms with van der Waals surface area (Å²) in [6.45, 7) is 11.6. The van der Waals surface area contributed by atoms with Crippen LogP contribution in [0.2, 0.25) is 5.02 Å². The standard InChI is InChI=1S/C24H38ClN5O/c1-26-24(30-11-8-21(18-30)17-29-12-14-31-15-13-29)27-16-20-6-9-28(10-7-20)19-22-4-2-3-5-23(22)25/h2-5,20-21H,6-19H2,1H3,(H,26,27). The zero-order valence-electron chi connectivity index (χ0n) is 18.9. The molecule has 0 aromatic heterocycles. The maximum atomic E-state index is 6.34. The van der Waals surface area contributed by atoms with Crippen molar-refractivity contribution in [2.75, 3.05) is 72.6 Å². The maximum absolute atomic E-state index is 6.34. The highest BCUT2D eigenvalue weighted by Gasteiger charge is 2.28. The van der Waals surface area contributed by atoms with Crippen molar-refractivity contribution in [3.8, 4) is 0 Å². The van der Waals surface area contributed by atoms with Crippen molar-refractivity contribution in [3.05, 3.63) is 34.9 Å². The van der Waals surface area contributed by atoms with Gasteiger partial charge in [0.2, 0.25) is 0 Å². The molecule has 1 aromatic rings. The second-order valence-electron chi connectivity index (χ2n) is 9.25. The lowest BCUT2D eigenvalue weighted by Crippen LogP contribution is -2.45. The van der Waals surface area contributed by atoms with E-state index in [0.29, 0.717) is 5.92 Å². The van der Waals surface area contributed by atoms with Crippen LogP contribution in [0.4, 0.5) is 0 Å². The minimum atomic E-state index is 0.714. The Balaban J connectivity index is 1.16. The highest BCUT2D eigenvalue weighted by Crippen LogP contribution is 2.22. The number of rotatable bonds is 6. The van der Waals surface area contributed by atoms with Crippen LogP contribution in [0.5, 0.6) is 0 Å². The van der Waals surface area contributed by atoms with Gasteiger partial charge < -0.3 is 15.0 Å². The van der Waals surface area contributed by atoms with Gasteiger partial charge in [0, 0.05) is 57.9 Å². The van der Waals surface area contributed by atoms with E-state index in [-0.39, 0.29) is 0 Å². The van der Waals surface area contributed by atoms with Crippen LogP contribution in [0.3, 0.4) is 0 Å². The van der Waals surface area contributed by atoms with E-state index >= 15 is 0 Å². The van der Waals surface area contributed by atoms with Crippen molar-refractivity contribution in [2.45, 2.75) is 25.8 Å². The number of benzene rings is 1. The number of halogens is 1. The van der Waals surface area contributed by atoms with Crippen LogP contribution >= 0.6 is 11.6 Å². The first-order valence-electron chi connectivity index (χ1n) is 11.9. The Morgan fingerprint density at radius 2 is 1.77 bits per heavy atom. The molecule has 7 heteroatoms. The number of hydrogen-bond donors (Lipinski definition) is 1. The molecule has 6 nitrogen and oxygen atoms in total. The Bertz CT molecular complexity index is 716. The van der Waals surface area contributed by atoms with Gasteiger partial charge in [-0.25, -0.2) is 0 Å². The Morgan fingerprint density at radius 1 is 1.03 bits per heavy atom. The summed E-state index contributed by atoms with van der Waals surface area (Å²) >= 11 is 6.34. The molecule has 3 aliphatic rings. The van der Waals surface area contributed by atoms with Crippen LogP contribution in [-0.4, -0.2) is 93.3 Å². The predicted octanol–water partition coefficient (Wildman–Crippen LogP) is 2.78. The summed E-state index contributed by atoms with van der Waals surface area (Å²) in [4.78, 5) is 12.1. The van der Waals surface area contributed by atoms with E-state index in [1.807, 2.05) is 19.2 Å². The molecule has 1 N–H and O–H groups in total. The van der Waals surface area contributed by atoms with E-state index in [1.165, 1.54) is 31.4 Å². The topological polar surface area (TPSA) is 43.3 Å². The number of guanidine groups is 1. The van der Waals surface area contributed by atoms with Crippen LogP contribution in [0.25, 0.3) is 0 Å². The monoisotopic (exact) mass is 447 g/mol. The normalized spacial score (nSPS) is 24.6. The number of likely N-dealkylation sites (tertiary alicyclic amines) is 2. The maximum Gasteiger partial charge on any atom is 0.193 e. The zero-order chi connectivity index (χ0) is 21.5. The molecule has 1 atom stereocenters. The summed E-state index contributed by atoms with van der Waals surface area (Å²) in [6, 6.07) is 8.21. The fourth-order valence-corrected chi connectivity index (χ4v) is 5.30. The molecule has 4 rings (SSSR count). The van der Waals surface area contributed by atoms with Crippen LogP contribution in [-0.2, 0) is 11.3 Å². The van der Waals surface area contributed by atoms with Crippen molar-refractivity contribution in [1.82, 2.24) is 20.0 Å². The minimum Gasteiger partial charge on any atom is -0.379 e. The van der Waals surface area contributed by atoms with Gasteiger partial charge in [-0.3, -0.25) is 14.8 Å². The zero-order valence-corrected chi connectivity index (χ0v) is 19.7. The largest absolute Gasteiger partial charge is 0.379 e. The molecule has 0 bridgehead atoms. The number of ether oxygens (including phenoxy) is 1. The van der Waals surface area contributed by atoms with E-state index in [4.69, 9.17) is 16.3 Å². The summed E-state index contributed by atoms with van der Waals surface area (Å²) in [5, 5.41) is 4.56. The van der Waals surface area contributed by atoms with Crippen LogP contribution in [0, 0.1) is 11.8 Å². The lowest BCUT2D eigenvalue weighted by Gasteiger charge is -2.33. The SMILES string of the molecule is CN=C(NCC1CCN(Cc2ccccc2Cl)CC1)N1CCC(CN2CCOCC2)C1. The van der Waals surface area contributed by atoms with Crippen molar-refractivity contribution in [3.63, 3.8) is 0 Å². The fourth-order valence-electron chi connectivity index (χ4n) is 5.11. The summed E-state index contributed by atoms with van der Waals surface area (Å²) in [6.07, 6.45) is 3.72. The summed E-state index contributed by atoms with van der Waals surface area (Å²) in [7, 11) is 1.92. The number of piperidine rings is 1. The van der Waals surface area contributed by atoms with E-state index < -0.39 is 0 Å². The molecule has 1 aromatic carbocycles. The summed E-state index contributed by atoms with van der Waals surface area (Å²) in [5.74, 6) is 2.54. The molecule has 3 heterocycles. The van der Waals surface area contributed by atoms with Crippen LogP contribution in [0.1, 0.15) is 24.8 Å². The van der Waals surface area contributed by atoms with Gasteiger partial charge in [0.1, 0.15) is 0 Å². The third-order valence-corrected chi connectivity index (χ3v) is 7.39. The molecule has 0 saturated carbocycles. The van der Waals surface area contributed by atoms with Crippen LogP contribution in [0.15, 0.2) is 29.3 Å². The number of nitrogens with zero attached hydrogens (tertiary/aromatic N) is 4. The third-order valence-electron chi connectivity index (χ3n) is 7.03. The van der Waals surface area contributed by atoms with Crippen molar-refractivity contribution < 1.29 is 4.74 Å². The van der Waals surface area contributed by atoms with Crippen molar-refractivity contribution >= 4 is 17.6 Å². The first-order valence-corrected chi connectivity index (χ1v) is 12.3. The Morgan fingerprint density at radius 3 is 2.52 bits per heavy atom. The molecule has 0 radical (unpaired) electrons. The Hall–Kier alpha value is -1.34. The second-order valence-corrected chi connectivity index (χ2v) is 9.66. The van der Waals surface area contributed by atoms with Crippen molar-refractivity contribution in [2.24, 2.45) is 16.8 Å². The average Bonchev–Trinajstić information content (AvgIpc) is 3.26. The molecule has 0 aliphatic carbocycles. The van der Waals surface area contributed by atoms with Gasteiger partial charge in [0.25, 0.3) is 0 Å². The highest BCUT2D eigenvalue weighted by molar-refractivity contribution is 6.31.